The molecule has 0 saturated carbocycles. The van der Waals surface area contributed by atoms with Crippen molar-refractivity contribution in [1.82, 2.24) is 0 Å². The van der Waals surface area contributed by atoms with Crippen LogP contribution in [0.4, 0.5) is 0 Å². The SMILES string of the molecule is CCCO/N=C(\CC(C)(C)C)c1ccccc1. The van der Waals surface area contributed by atoms with Gasteiger partial charge >= 0.3 is 0 Å². The largest absolute Gasteiger partial charge is 0.396 e. The van der Waals surface area contributed by atoms with Crippen LogP contribution in [0.3, 0.4) is 0 Å². The molecule has 0 radical (unpaired) electrons. The molecule has 1 aromatic carbocycles. The maximum absolute atomic E-state index is 5.33. The van der Waals surface area contributed by atoms with E-state index in [2.05, 4.69) is 45.0 Å². The van der Waals surface area contributed by atoms with Crippen molar-refractivity contribution < 1.29 is 4.84 Å². The molecule has 0 bridgehead atoms. The van der Waals surface area contributed by atoms with E-state index >= 15 is 0 Å². The first-order valence-corrected chi connectivity index (χ1v) is 6.27. The van der Waals surface area contributed by atoms with Gasteiger partial charge in [-0.25, -0.2) is 0 Å². The second kappa shape index (κ2) is 6.43. The molecule has 0 aliphatic carbocycles. The number of rotatable bonds is 5. The van der Waals surface area contributed by atoms with Crippen LogP contribution in [0, 0.1) is 5.41 Å². The van der Waals surface area contributed by atoms with E-state index in [-0.39, 0.29) is 5.41 Å². The zero-order chi connectivity index (χ0) is 12.7. The third kappa shape index (κ3) is 5.53. The third-order valence-electron chi connectivity index (χ3n) is 2.27. The molecule has 1 rings (SSSR count). The summed E-state index contributed by atoms with van der Waals surface area (Å²) in [6.07, 6.45) is 1.90. The summed E-state index contributed by atoms with van der Waals surface area (Å²) in [6, 6.07) is 10.3. The Morgan fingerprint density at radius 3 is 2.35 bits per heavy atom. The summed E-state index contributed by atoms with van der Waals surface area (Å²) in [6.45, 7) is 9.41. The van der Waals surface area contributed by atoms with Gasteiger partial charge in [0.15, 0.2) is 0 Å². The van der Waals surface area contributed by atoms with Gasteiger partial charge in [-0.1, -0.05) is 63.2 Å². The molecule has 0 spiro atoms. The van der Waals surface area contributed by atoms with Gasteiger partial charge in [-0.05, 0) is 23.8 Å². The van der Waals surface area contributed by atoms with Crippen LogP contribution < -0.4 is 0 Å². The molecule has 0 aromatic heterocycles. The molecule has 94 valence electrons. The molecule has 2 nitrogen and oxygen atoms in total. The molecule has 0 amide bonds. The Bertz CT molecular complexity index is 349. The number of hydrogen-bond donors (Lipinski definition) is 0. The summed E-state index contributed by atoms with van der Waals surface area (Å²) in [5, 5.41) is 4.29. The normalized spacial score (nSPS) is 12.6. The van der Waals surface area contributed by atoms with Gasteiger partial charge in [0, 0.05) is 0 Å². The van der Waals surface area contributed by atoms with Crippen LogP contribution in [0.15, 0.2) is 35.5 Å². The molecule has 0 atom stereocenters. The van der Waals surface area contributed by atoms with Gasteiger partial charge < -0.3 is 4.84 Å². The van der Waals surface area contributed by atoms with Gasteiger partial charge in [-0.2, -0.15) is 0 Å². The number of oxime groups is 1. The first-order valence-electron chi connectivity index (χ1n) is 6.27. The van der Waals surface area contributed by atoms with Crippen molar-refractivity contribution in [3.63, 3.8) is 0 Å². The fraction of sp³-hybridized carbons (Fsp3) is 0.533. The first kappa shape index (κ1) is 13.8. The minimum absolute atomic E-state index is 0.213. The van der Waals surface area contributed by atoms with Gasteiger partial charge in [0.05, 0.1) is 5.71 Å². The lowest BCUT2D eigenvalue weighted by Gasteiger charge is -2.19. The smallest absolute Gasteiger partial charge is 0.116 e. The minimum atomic E-state index is 0.213. The van der Waals surface area contributed by atoms with Crippen molar-refractivity contribution >= 4 is 5.71 Å². The van der Waals surface area contributed by atoms with E-state index in [4.69, 9.17) is 4.84 Å². The highest BCUT2D eigenvalue weighted by Gasteiger charge is 2.16. The van der Waals surface area contributed by atoms with E-state index in [0.717, 1.165) is 24.1 Å². The summed E-state index contributed by atoms with van der Waals surface area (Å²) in [5.74, 6) is 0. The van der Waals surface area contributed by atoms with E-state index in [1.54, 1.807) is 0 Å². The third-order valence-corrected chi connectivity index (χ3v) is 2.27. The van der Waals surface area contributed by atoms with Crippen molar-refractivity contribution in [3.8, 4) is 0 Å². The van der Waals surface area contributed by atoms with Crippen LogP contribution in [0.1, 0.15) is 46.1 Å². The van der Waals surface area contributed by atoms with Gasteiger partial charge in [-0.3, -0.25) is 0 Å². The summed E-state index contributed by atoms with van der Waals surface area (Å²) in [4.78, 5) is 5.33. The molecule has 0 N–H and O–H groups in total. The highest BCUT2D eigenvalue weighted by atomic mass is 16.6. The van der Waals surface area contributed by atoms with E-state index in [0.29, 0.717) is 6.61 Å². The Hall–Kier alpha value is -1.31. The van der Waals surface area contributed by atoms with E-state index in [1.807, 2.05) is 18.2 Å². The molecule has 0 fully saturated rings. The summed E-state index contributed by atoms with van der Waals surface area (Å²) in [5.41, 5.74) is 2.40. The fourth-order valence-electron chi connectivity index (χ4n) is 1.53. The average molecular weight is 233 g/mol. The lowest BCUT2D eigenvalue weighted by atomic mass is 9.87. The summed E-state index contributed by atoms with van der Waals surface area (Å²) in [7, 11) is 0. The molecular weight excluding hydrogens is 210 g/mol. The van der Waals surface area contributed by atoms with Crippen LogP contribution in [-0.4, -0.2) is 12.3 Å². The van der Waals surface area contributed by atoms with Gasteiger partial charge in [0.1, 0.15) is 6.61 Å². The van der Waals surface area contributed by atoms with Gasteiger partial charge in [-0.15, -0.1) is 0 Å². The Morgan fingerprint density at radius 2 is 1.82 bits per heavy atom. The quantitative estimate of drug-likeness (QED) is 0.423. The highest BCUT2D eigenvalue weighted by molar-refractivity contribution is 6.00. The number of nitrogens with zero attached hydrogens (tertiary/aromatic N) is 1. The Kier molecular flexibility index (Phi) is 5.20. The van der Waals surface area contributed by atoms with Crippen LogP contribution in [-0.2, 0) is 4.84 Å². The minimum Gasteiger partial charge on any atom is -0.396 e. The van der Waals surface area contributed by atoms with E-state index < -0.39 is 0 Å². The first-order chi connectivity index (χ1) is 8.03. The van der Waals surface area contributed by atoms with Crippen molar-refractivity contribution in [3.05, 3.63) is 35.9 Å². The number of benzene rings is 1. The predicted molar refractivity (Wildman–Crippen MR) is 73.3 cm³/mol. The van der Waals surface area contributed by atoms with Crippen molar-refractivity contribution in [1.29, 1.82) is 0 Å². The maximum atomic E-state index is 5.33. The molecule has 0 saturated heterocycles. The Balaban J connectivity index is 2.83. The second-order valence-electron chi connectivity index (χ2n) is 5.47. The predicted octanol–water partition coefficient (Wildman–Crippen LogP) is 4.25. The van der Waals surface area contributed by atoms with Gasteiger partial charge in [0.25, 0.3) is 0 Å². The fourth-order valence-corrected chi connectivity index (χ4v) is 1.53. The Labute approximate surface area is 105 Å². The molecule has 17 heavy (non-hydrogen) atoms. The Morgan fingerprint density at radius 1 is 1.18 bits per heavy atom. The van der Waals surface area contributed by atoms with E-state index in [9.17, 15) is 0 Å². The molecule has 0 unspecified atom stereocenters. The van der Waals surface area contributed by atoms with Crippen molar-refractivity contribution in [2.24, 2.45) is 10.6 Å². The molecule has 0 aliphatic rings. The topological polar surface area (TPSA) is 21.6 Å². The van der Waals surface area contributed by atoms with Crippen molar-refractivity contribution in [2.45, 2.75) is 40.5 Å². The van der Waals surface area contributed by atoms with Crippen LogP contribution >= 0.6 is 0 Å². The van der Waals surface area contributed by atoms with Crippen molar-refractivity contribution in [2.75, 3.05) is 6.61 Å². The standard InChI is InChI=1S/C15H23NO/c1-5-11-17-16-14(12-15(2,3)4)13-9-7-6-8-10-13/h6-10H,5,11-12H2,1-4H3/b16-14+. The molecule has 2 heteroatoms. The summed E-state index contributed by atoms with van der Waals surface area (Å²) < 4.78 is 0. The molecule has 1 aromatic rings. The maximum Gasteiger partial charge on any atom is 0.116 e. The zero-order valence-corrected chi connectivity index (χ0v) is 11.4. The molecule has 0 heterocycles. The zero-order valence-electron chi connectivity index (χ0n) is 11.4. The summed E-state index contributed by atoms with van der Waals surface area (Å²) >= 11 is 0. The lowest BCUT2D eigenvalue weighted by molar-refractivity contribution is 0.143. The number of hydrogen-bond acceptors (Lipinski definition) is 2. The van der Waals surface area contributed by atoms with Crippen LogP contribution in [0.5, 0.6) is 0 Å². The van der Waals surface area contributed by atoms with Gasteiger partial charge in [0.2, 0.25) is 0 Å². The van der Waals surface area contributed by atoms with E-state index in [1.165, 1.54) is 0 Å². The lowest BCUT2D eigenvalue weighted by Crippen LogP contribution is -2.14. The van der Waals surface area contributed by atoms with Crippen LogP contribution in [0.2, 0.25) is 0 Å². The monoisotopic (exact) mass is 233 g/mol. The average Bonchev–Trinajstić information content (AvgIpc) is 2.28. The second-order valence-corrected chi connectivity index (χ2v) is 5.47. The molecular formula is C15H23NO. The molecule has 0 aliphatic heterocycles. The highest BCUT2D eigenvalue weighted by Crippen LogP contribution is 2.22. The van der Waals surface area contributed by atoms with Crippen LogP contribution in [0.25, 0.3) is 0 Å².